The lowest BCUT2D eigenvalue weighted by Gasteiger charge is -2.28. The van der Waals surface area contributed by atoms with Crippen molar-refractivity contribution in [1.82, 2.24) is 9.78 Å². The Hall–Kier alpha value is -1.61. The van der Waals surface area contributed by atoms with Gasteiger partial charge in [0.15, 0.2) is 11.8 Å². The van der Waals surface area contributed by atoms with Crippen molar-refractivity contribution in [2.45, 2.75) is 32.2 Å². The normalized spacial score (nSPS) is 23.1. The van der Waals surface area contributed by atoms with Crippen molar-refractivity contribution in [3.05, 3.63) is 11.3 Å². The number of ether oxygens (including phenoxy) is 2. The molecule has 1 saturated heterocycles. The predicted molar refractivity (Wildman–Crippen MR) is 66.7 cm³/mol. The fraction of sp³-hybridized carbons (Fsp3) is 0.667. The highest BCUT2D eigenvalue weighted by molar-refractivity contribution is 5.94. The van der Waals surface area contributed by atoms with E-state index in [2.05, 4.69) is 10.4 Å². The first-order valence-corrected chi connectivity index (χ1v) is 6.36. The fourth-order valence-electron chi connectivity index (χ4n) is 2.18. The van der Waals surface area contributed by atoms with Gasteiger partial charge in [0, 0.05) is 12.6 Å². The molecule has 2 atom stereocenters. The van der Waals surface area contributed by atoms with Gasteiger partial charge in [-0.25, -0.2) is 0 Å². The first-order valence-electron chi connectivity index (χ1n) is 6.36. The first kappa shape index (κ1) is 15.8. The highest BCUT2D eigenvalue weighted by Gasteiger charge is 2.38. The molecule has 1 aromatic rings. The van der Waals surface area contributed by atoms with Crippen molar-refractivity contribution in [1.29, 1.82) is 0 Å². The lowest BCUT2D eigenvalue weighted by atomic mass is 10.2. The summed E-state index contributed by atoms with van der Waals surface area (Å²) >= 11 is 0. The Balaban J connectivity index is 2.20. The zero-order valence-corrected chi connectivity index (χ0v) is 11.8. The van der Waals surface area contributed by atoms with Crippen LogP contribution in [-0.4, -0.2) is 41.1 Å². The zero-order valence-electron chi connectivity index (χ0n) is 11.8. The van der Waals surface area contributed by atoms with Gasteiger partial charge in [-0.1, -0.05) is 0 Å². The van der Waals surface area contributed by atoms with Gasteiger partial charge >= 0.3 is 6.18 Å². The standard InChI is InChI=1S/C12H16F3N3O3/c1-6-9(12(13,14)15)17-18(3)10(6)16-11(19)8-7(2)20-4-5-21-8/h7-8H,4-5H2,1-3H3,(H,16,19)/t7-,8-/m0/s1. The molecule has 0 spiro atoms. The number of amides is 1. The first-order chi connectivity index (χ1) is 9.71. The lowest BCUT2D eigenvalue weighted by molar-refractivity contribution is -0.157. The van der Waals surface area contributed by atoms with Crippen LogP contribution < -0.4 is 5.32 Å². The Morgan fingerprint density at radius 2 is 2.00 bits per heavy atom. The van der Waals surface area contributed by atoms with E-state index in [1.165, 1.54) is 14.0 Å². The fourth-order valence-corrected chi connectivity index (χ4v) is 2.18. The molecule has 1 aliphatic rings. The van der Waals surface area contributed by atoms with Gasteiger partial charge in [-0.15, -0.1) is 0 Å². The van der Waals surface area contributed by atoms with E-state index in [0.717, 1.165) is 4.68 Å². The van der Waals surface area contributed by atoms with E-state index >= 15 is 0 Å². The molecular weight excluding hydrogens is 291 g/mol. The molecule has 9 heteroatoms. The minimum absolute atomic E-state index is 0.00583. The molecule has 0 saturated carbocycles. The molecule has 21 heavy (non-hydrogen) atoms. The van der Waals surface area contributed by atoms with Crippen LogP contribution in [-0.2, 0) is 27.5 Å². The summed E-state index contributed by atoms with van der Waals surface area (Å²) < 4.78 is 49.8. The number of anilines is 1. The number of halogens is 3. The topological polar surface area (TPSA) is 65.4 Å². The smallest absolute Gasteiger partial charge is 0.373 e. The summed E-state index contributed by atoms with van der Waals surface area (Å²) in [5.41, 5.74) is -1.16. The van der Waals surface area contributed by atoms with Crippen LogP contribution in [0.5, 0.6) is 0 Å². The number of aryl methyl sites for hydroxylation is 1. The monoisotopic (exact) mass is 307 g/mol. The molecule has 6 nitrogen and oxygen atoms in total. The summed E-state index contributed by atoms with van der Waals surface area (Å²) in [5.74, 6) is -0.560. The van der Waals surface area contributed by atoms with E-state index in [9.17, 15) is 18.0 Å². The molecule has 0 aliphatic carbocycles. The Kier molecular flexibility index (Phi) is 4.24. The molecule has 1 aliphatic heterocycles. The van der Waals surface area contributed by atoms with E-state index in [1.807, 2.05) is 0 Å². The SMILES string of the molecule is Cc1c(C(F)(F)F)nn(C)c1NC(=O)[C@H]1OCCO[C@H]1C. The van der Waals surface area contributed by atoms with E-state index in [1.54, 1.807) is 6.92 Å². The van der Waals surface area contributed by atoms with Crippen LogP contribution in [0.1, 0.15) is 18.2 Å². The molecule has 118 valence electrons. The average Bonchev–Trinajstić information content (AvgIpc) is 2.67. The maximum atomic E-state index is 12.8. The minimum Gasteiger partial charge on any atom is -0.373 e. The Bertz CT molecular complexity index is 542. The molecule has 2 heterocycles. The average molecular weight is 307 g/mol. The van der Waals surface area contributed by atoms with Crippen molar-refractivity contribution in [3.63, 3.8) is 0 Å². The predicted octanol–water partition coefficient (Wildman–Crippen LogP) is 1.49. The second-order valence-electron chi connectivity index (χ2n) is 4.80. The van der Waals surface area contributed by atoms with Gasteiger partial charge in [0.2, 0.25) is 0 Å². The zero-order chi connectivity index (χ0) is 15.8. The molecule has 0 bridgehead atoms. The van der Waals surface area contributed by atoms with Gasteiger partial charge in [0.1, 0.15) is 5.82 Å². The second kappa shape index (κ2) is 5.64. The van der Waals surface area contributed by atoms with E-state index in [-0.39, 0.29) is 18.0 Å². The van der Waals surface area contributed by atoms with Crippen LogP contribution >= 0.6 is 0 Å². The Morgan fingerprint density at radius 1 is 1.38 bits per heavy atom. The maximum Gasteiger partial charge on any atom is 0.435 e. The number of hydrogen-bond donors (Lipinski definition) is 1. The number of carbonyl (C=O) groups excluding carboxylic acids is 1. The molecule has 1 N–H and O–H groups in total. The van der Waals surface area contributed by atoms with Crippen molar-refractivity contribution >= 4 is 11.7 Å². The van der Waals surface area contributed by atoms with Crippen LogP contribution in [0, 0.1) is 6.92 Å². The molecule has 0 aromatic carbocycles. The molecular formula is C12H16F3N3O3. The van der Waals surface area contributed by atoms with Gasteiger partial charge in [0.05, 0.1) is 19.3 Å². The molecule has 1 fully saturated rings. The highest BCUT2D eigenvalue weighted by atomic mass is 19.4. The van der Waals surface area contributed by atoms with E-state index < -0.39 is 30.0 Å². The third-order valence-corrected chi connectivity index (χ3v) is 3.24. The number of nitrogens with zero attached hydrogens (tertiary/aromatic N) is 2. The lowest BCUT2D eigenvalue weighted by Crippen LogP contribution is -2.45. The number of rotatable bonds is 2. The van der Waals surface area contributed by atoms with E-state index in [0.29, 0.717) is 6.61 Å². The quantitative estimate of drug-likeness (QED) is 0.899. The van der Waals surface area contributed by atoms with Gasteiger partial charge < -0.3 is 14.8 Å². The van der Waals surface area contributed by atoms with Crippen LogP contribution in [0.3, 0.4) is 0 Å². The van der Waals surface area contributed by atoms with Crippen LogP contribution in [0.15, 0.2) is 0 Å². The summed E-state index contributed by atoms with van der Waals surface area (Å²) in [4.78, 5) is 12.1. The van der Waals surface area contributed by atoms with Gasteiger partial charge in [-0.05, 0) is 13.8 Å². The highest BCUT2D eigenvalue weighted by Crippen LogP contribution is 2.33. The molecule has 1 amide bonds. The Labute approximate surface area is 119 Å². The van der Waals surface area contributed by atoms with Crippen molar-refractivity contribution < 1.29 is 27.4 Å². The molecule has 2 rings (SSSR count). The van der Waals surface area contributed by atoms with Crippen molar-refractivity contribution in [2.75, 3.05) is 18.5 Å². The van der Waals surface area contributed by atoms with E-state index in [4.69, 9.17) is 9.47 Å². The number of aromatic nitrogens is 2. The number of hydrogen-bond acceptors (Lipinski definition) is 4. The van der Waals surface area contributed by atoms with Gasteiger partial charge in [-0.3, -0.25) is 9.48 Å². The third kappa shape index (κ3) is 3.18. The molecule has 0 radical (unpaired) electrons. The molecule has 0 unspecified atom stereocenters. The summed E-state index contributed by atoms with van der Waals surface area (Å²) in [7, 11) is 1.33. The van der Waals surface area contributed by atoms with Gasteiger partial charge in [0.25, 0.3) is 5.91 Å². The minimum atomic E-state index is -4.57. The van der Waals surface area contributed by atoms with Gasteiger partial charge in [-0.2, -0.15) is 18.3 Å². The van der Waals surface area contributed by atoms with Crippen molar-refractivity contribution in [3.8, 4) is 0 Å². The summed E-state index contributed by atoms with van der Waals surface area (Å²) in [5, 5.41) is 5.83. The maximum absolute atomic E-state index is 12.8. The second-order valence-corrected chi connectivity index (χ2v) is 4.80. The summed E-state index contributed by atoms with van der Waals surface area (Å²) in [6.07, 6.45) is -5.89. The summed E-state index contributed by atoms with van der Waals surface area (Å²) in [6.45, 7) is 3.57. The van der Waals surface area contributed by atoms with Crippen molar-refractivity contribution in [2.24, 2.45) is 7.05 Å². The molecule has 1 aromatic heterocycles. The summed E-state index contributed by atoms with van der Waals surface area (Å²) in [6, 6.07) is 0. The third-order valence-electron chi connectivity index (χ3n) is 3.24. The number of carbonyl (C=O) groups is 1. The van der Waals surface area contributed by atoms with Crippen LogP contribution in [0.25, 0.3) is 0 Å². The number of nitrogens with one attached hydrogen (secondary N) is 1. The Morgan fingerprint density at radius 3 is 2.52 bits per heavy atom. The van der Waals surface area contributed by atoms with Crippen LogP contribution in [0.4, 0.5) is 19.0 Å². The number of alkyl halides is 3. The largest absolute Gasteiger partial charge is 0.435 e. The van der Waals surface area contributed by atoms with Crippen LogP contribution in [0.2, 0.25) is 0 Å².